The number of nitrogens with zero attached hydrogens (tertiary/aromatic N) is 3. The van der Waals surface area contributed by atoms with Crippen LogP contribution in [0.3, 0.4) is 0 Å². The average molecular weight is 415 g/mol. The second-order valence-corrected chi connectivity index (χ2v) is 8.33. The van der Waals surface area contributed by atoms with E-state index >= 15 is 0 Å². The highest BCUT2D eigenvalue weighted by Gasteiger charge is 2.39. The molecule has 0 bridgehead atoms. The molecule has 0 atom stereocenters. The highest BCUT2D eigenvalue weighted by Crippen LogP contribution is 2.34. The topological polar surface area (TPSA) is 75.5 Å². The number of hydrogen-bond acceptors (Lipinski definition) is 5. The molecule has 158 valence electrons. The van der Waals surface area contributed by atoms with Gasteiger partial charge in [0, 0.05) is 31.1 Å². The zero-order valence-electron chi connectivity index (χ0n) is 17.3. The van der Waals surface area contributed by atoms with Crippen molar-refractivity contribution in [2.75, 3.05) is 6.54 Å². The zero-order chi connectivity index (χ0) is 21.2. The van der Waals surface area contributed by atoms with E-state index in [1.54, 1.807) is 0 Å². The van der Waals surface area contributed by atoms with Crippen molar-refractivity contribution >= 4 is 5.97 Å². The van der Waals surface area contributed by atoms with Crippen LogP contribution in [-0.4, -0.2) is 38.5 Å². The molecule has 1 saturated carbocycles. The van der Waals surface area contributed by atoms with Crippen molar-refractivity contribution < 1.29 is 14.6 Å². The highest BCUT2D eigenvalue weighted by atomic mass is 16.5. The Kier molecular flexibility index (Phi) is 5.38. The summed E-state index contributed by atoms with van der Waals surface area (Å²) in [6.07, 6.45) is 4.16. The van der Waals surface area contributed by atoms with Crippen LogP contribution in [0.1, 0.15) is 29.8 Å². The molecular formula is C25H25N3O3. The van der Waals surface area contributed by atoms with Crippen LogP contribution in [0.4, 0.5) is 0 Å². The van der Waals surface area contributed by atoms with Crippen LogP contribution < -0.4 is 4.74 Å². The molecule has 6 nitrogen and oxygen atoms in total. The van der Waals surface area contributed by atoms with Crippen molar-refractivity contribution in [3.63, 3.8) is 0 Å². The van der Waals surface area contributed by atoms with E-state index in [0.29, 0.717) is 12.6 Å². The lowest BCUT2D eigenvalue weighted by molar-refractivity contribution is -0.147. The predicted molar refractivity (Wildman–Crippen MR) is 117 cm³/mol. The highest BCUT2D eigenvalue weighted by molar-refractivity contribution is 5.71. The predicted octanol–water partition coefficient (Wildman–Crippen LogP) is 3.94. The van der Waals surface area contributed by atoms with Gasteiger partial charge in [-0.05, 0) is 30.5 Å². The van der Waals surface area contributed by atoms with E-state index in [1.807, 2.05) is 60.8 Å². The van der Waals surface area contributed by atoms with Crippen molar-refractivity contribution in [2.24, 2.45) is 5.92 Å². The maximum atomic E-state index is 11.1. The summed E-state index contributed by atoms with van der Waals surface area (Å²) < 4.78 is 5.95. The molecule has 0 unspecified atom stereocenters. The van der Waals surface area contributed by atoms with Crippen molar-refractivity contribution in [3.05, 3.63) is 77.7 Å². The normalized spacial score (nSPS) is 20.5. The number of aromatic nitrogens is 2. The maximum Gasteiger partial charge on any atom is 0.306 e. The smallest absolute Gasteiger partial charge is 0.306 e. The van der Waals surface area contributed by atoms with Gasteiger partial charge < -0.3 is 9.84 Å². The molecule has 2 aromatic carbocycles. The van der Waals surface area contributed by atoms with Gasteiger partial charge in [-0.3, -0.25) is 14.7 Å². The van der Waals surface area contributed by atoms with E-state index in [9.17, 15) is 4.79 Å². The molecule has 31 heavy (non-hydrogen) atoms. The quantitative estimate of drug-likeness (QED) is 0.657. The molecule has 0 saturated heterocycles. The lowest BCUT2D eigenvalue weighted by Crippen LogP contribution is -2.49. The fourth-order valence-electron chi connectivity index (χ4n) is 4.33. The molecule has 0 radical (unpaired) electrons. The third-order valence-corrected chi connectivity index (χ3v) is 6.28. The zero-order valence-corrected chi connectivity index (χ0v) is 17.3. The van der Waals surface area contributed by atoms with E-state index in [-0.39, 0.29) is 5.92 Å². The third-order valence-electron chi connectivity index (χ3n) is 6.28. The monoisotopic (exact) mass is 415 g/mol. The van der Waals surface area contributed by atoms with Gasteiger partial charge in [0.1, 0.15) is 12.4 Å². The minimum absolute atomic E-state index is 0.184. The summed E-state index contributed by atoms with van der Waals surface area (Å²) in [5.74, 6) is -0.0469. The molecule has 1 aliphatic heterocycles. The largest absolute Gasteiger partial charge is 0.489 e. The molecule has 6 heteroatoms. The van der Waals surface area contributed by atoms with Crippen molar-refractivity contribution in [1.29, 1.82) is 0 Å². The Bertz CT molecular complexity index is 1080. The van der Waals surface area contributed by atoms with Crippen LogP contribution in [0, 0.1) is 5.92 Å². The third kappa shape index (κ3) is 4.30. The Morgan fingerprint density at radius 2 is 1.94 bits per heavy atom. The second-order valence-electron chi connectivity index (χ2n) is 8.33. The van der Waals surface area contributed by atoms with Crippen LogP contribution in [-0.2, 0) is 24.4 Å². The minimum atomic E-state index is -0.673. The van der Waals surface area contributed by atoms with Gasteiger partial charge in [0.05, 0.1) is 29.2 Å². The van der Waals surface area contributed by atoms with E-state index in [2.05, 4.69) is 4.90 Å². The summed E-state index contributed by atoms with van der Waals surface area (Å²) in [6, 6.07) is 18.4. The van der Waals surface area contributed by atoms with Crippen molar-refractivity contribution in [3.8, 4) is 17.0 Å². The minimum Gasteiger partial charge on any atom is -0.489 e. The number of benzene rings is 2. The number of carboxylic acids is 1. The Balaban J connectivity index is 1.26. The first kappa shape index (κ1) is 19.7. The molecule has 2 aliphatic rings. The summed E-state index contributed by atoms with van der Waals surface area (Å²) in [7, 11) is 0. The first-order chi connectivity index (χ1) is 15.2. The van der Waals surface area contributed by atoms with Gasteiger partial charge in [-0.1, -0.05) is 42.5 Å². The number of rotatable bonds is 6. The number of carbonyl (C=O) groups is 1. The molecule has 0 amide bonds. The SMILES string of the molecule is O=C(O)C1CC(N2CCc3nc(-c4cccc(OCc5ccccc5)c4)cnc3C2)C1. The van der Waals surface area contributed by atoms with Gasteiger partial charge in [0.2, 0.25) is 0 Å². The lowest BCUT2D eigenvalue weighted by Gasteiger charge is -2.42. The molecule has 1 aromatic heterocycles. The Labute approximate surface area is 181 Å². The van der Waals surface area contributed by atoms with Crippen LogP contribution in [0.2, 0.25) is 0 Å². The molecular weight excluding hydrogens is 390 g/mol. The van der Waals surface area contributed by atoms with Crippen LogP contribution in [0.25, 0.3) is 11.3 Å². The van der Waals surface area contributed by atoms with E-state index in [4.69, 9.17) is 19.8 Å². The molecule has 1 N–H and O–H groups in total. The summed E-state index contributed by atoms with van der Waals surface area (Å²) in [5.41, 5.74) is 5.02. The van der Waals surface area contributed by atoms with E-state index in [1.165, 1.54) is 0 Å². The maximum absolute atomic E-state index is 11.1. The Hall–Kier alpha value is -3.25. The van der Waals surface area contributed by atoms with Gasteiger partial charge >= 0.3 is 5.97 Å². The Morgan fingerprint density at radius 1 is 1.10 bits per heavy atom. The van der Waals surface area contributed by atoms with Gasteiger partial charge in [0.15, 0.2) is 0 Å². The number of fused-ring (bicyclic) bond motifs is 1. The van der Waals surface area contributed by atoms with E-state index < -0.39 is 5.97 Å². The first-order valence-electron chi connectivity index (χ1n) is 10.7. The second kappa shape index (κ2) is 8.47. The molecule has 3 aromatic rings. The molecule has 2 heterocycles. The number of ether oxygens (including phenoxy) is 1. The molecule has 1 fully saturated rings. The molecule has 1 aliphatic carbocycles. The fourth-order valence-corrected chi connectivity index (χ4v) is 4.33. The number of carboxylic acid groups (broad SMARTS) is 1. The van der Waals surface area contributed by atoms with Crippen molar-refractivity contribution in [2.45, 2.75) is 38.5 Å². The van der Waals surface area contributed by atoms with E-state index in [0.717, 1.165) is 66.3 Å². The Morgan fingerprint density at radius 3 is 2.74 bits per heavy atom. The number of hydrogen-bond donors (Lipinski definition) is 1. The van der Waals surface area contributed by atoms with Gasteiger partial charge in [-0.25, -0.2) is 4.98 Å². The summed E-state index contributed by atoms with van der Waals surface area (Å²) >= 11 is 0. The van der Waals surface area contributed by atoms with Gasteiger partial charge in [-0.15, -0.1) is 0 Å². The average Bonchev–Trinajstić information content (AvgIpc) is 2.77. The molecule has 5 rings (SSSR count). The number of aliphatic carboxylic acids is 1. The standard InChI is InChI=1S/C25H25N3O3/c29-25(30)19-11-20(12-19)28-10-9-22-24(15-28)26-14-23(27-22)18-7-4-8-21(13-18)31-16-17-5-2-1-3-6-17/h1-8,13-14,19-20H,9-12,15-16H2,(H,29,30). The summed E-state index contributed by atoms with van der Waals surface area (Å²) in [5, 5.41) is 9.11. The van der Waals surface area contributed by atoms with Gasteiger partial charge in [-0.2, -0.15) is 0 Å². The molecule has 0 spiro atoms. The summed E-state index contributed by atoms with van der Waals surface area (Å²) in [6.45, 7) is 2.18. The van der Waals surface area contributed by atoms with Crippen molar-refractivity contribution in [1.82, 2.24) is 14.9 Å². The fraction of sp³-hybridized carbons (Fsp3) is 0.320. The summed E-state index contributed by atoms with van der Waals surface area (Å²) in [4.78, 5) is 23.0. The van der Waals surface area contributed by atoms with Crippen LogP contribution in [0.15, 0.2) is 60.8 Å². The van der Waals surface area contributed by atoms with Crippen LogP contribution in [0.5, 0.6) is 5.75 Å². The lowest BCUT2D eigenvalue weighted by atomic mass is 9.79. The van der Waals surface area contributed by atoms with Crippen LogP contribution >= 0.6 is 0 Å². The first-order valence-corrected chi connectivity index (χ1v) is 10.7. The van der Waals surface area contributed by atoms with Gasteiger partial charge in [0.25, 0.3) is 0 Å².